The number of benzene rings is 2. The molecule has 26 heavy (non-hydrogen) atoms. The van der Waals surface area contributed by atoms with Crippen LogP contribution in [-0.4, -0.2) is 39.1 Å². The number of ether oxygens (including phenoxy) is 1. The molecule has 0 aliphatic heterocycles. The molecular weight excluding hydrogens is 414 g/mol. The number of nitrogens with zero attached hydrogens (tertiary/aromatic N) is 2. The summed E-state index contributed by atoms with van der Waals surface area (Å²) in [6.07, 6.45) is 1.64. The molecule has 0 fully saturated rings. The van der Waals surface area contributed by atoms with Gasteiger partial charge in [0.25, 0.3) is 0 Å². The second-order valence-corrected chi connectivity index (χ2v) is 7.58. The van der Waals surface area contributed by atoms with Crippen LogP contribution in [0.5, 0.6) is 5.75 Å². The highest BCUT2D eigenvalue weighted by Gasteiger charge is 2.03. The quantitative estimate of drug-likeness (QED) is 0.504. The standard InChI is InChI=1S/C19H22BrN3O2S/c1-23(2)18-9-6-15(10-17(18)20)11-21-22-19(24)13-26-12-14-4-7-16(25-3)8-5-14/h4-11H,12-13H2,1-3H3,(H,22,24)/b21-11-. The van der Waals surface area contributed by atoms with E-state index in [4.69, 9.17) is 4.74 Å². The third-order valence-corrected chi connectivity index (χ3v) is 5.16. The lowest BCUT2D eigenvalue weighted by atomic mass is 10.2. The first-order chi connectivity index (χ1) is 12.5. The van der Waals surface area contributed by atoms with Crippen LogP contribution in [0.25, 0.3) is 0 Å². The molecule has 0 radical (unpaired) electrons. The molecule has 0 atom stereocenters. The summed E-state index contributed by atoms with van der Waals surface area (Å²) in [5, 5.41) is 4.02. The molecule has 1 N–H and O–H groups in total. The summed E-state index contributed by atoms with van der Waals surface area (Å²) in [7, 11) is 5.61. The highest BCUT2D eigenvalue weighted by Crippen LogP contribution is 2.25. The summed E-state index contributed by atoms with van der Waals surface area (Å²) < 4.78 is 6.11. The van der Waals surface area contributed by atoms with Crippen LogP contribution in [0.2, 0.25) is 0 Å². The number of hydrazone groups is 1. The molecule has 1 amide bonds. The second-order valence-electron chi connectivity index (χ2n) is 5.74. The van der Waals surface area contributed by atoms with Crippen molar-refractivity contribution in [1.82, 2.24) is 5.43 Å². The summed E-state index contributed by atoms with van der Waals surface area (Å²) in [4.78, 5) is 13.9. The first-order valence-electron chi connectivity index (χ1n) is 7.99. The van der Waals surface area contributed by atoms with E-state index in [1.165, 1.54) is 0 Å². The SMILES string of the molecule is COc1ccc(CSCC(=O)N/N=C\c2ccc(N(C)C)c(Br)c2)cc1. The maximum atomic E-state index is 11.9. The Morgan fingerprint density at radius 1 is 1.27 bits per heavy atom. The van der Waals surface area contributed by atoms with Crippen molar-refractivity contribution in [2.75, 3.05) is 31.9 Å². The van der Waals surface area contributed by atoms with Crippen molar-refractivity contribution < 1.29 is 9.53 Å². The predicted molar refractivity (Wildman–Crippen MR) is 113 cm³/mol. The monoisotopic (exact) mass is 435 g/mol. The van der Waals surface area contributed by atoms with E-state index in [0.717, 1.165) is 32.8 Å². The number of carbonyl (C=O) groups is 1. The third-order valence-electron chi connectivity index (χ3n) is 3.52. The Bertz CT molecular complexity index is 764. The molecule has 0 saturated carbocycles. The molecule has 0 aliphatic carbocycles. The first kappa shape index (κ1) is 20.3. The summed E-state index contributed by atoms with van der Waals surface area (Å²) in [6.45, 7) is 0. The minimum Gasteiger partial charge on any atom is -0.497 e. The number of rotatable bonds is 8. The van der Waals surface area contributed by atoms with Gasteiger partial charge in [-0.2, -0.15) is 5.10 Å². The minimum absolute atomic E-state index is 0.122. The van der Waals surface area contributed by atoms with Gasteiger partial charge in [-0.3, -0.25) is 4.79 Å². The maximum Gasteiger partial charge on any atom is 0.250 e. The highest BCUT2D eigenvalue weighted by molar-refractivity contribution is 9.10. The Labute approximate surface area is 166 Å². The van der Waals surface area contributed by atoms with Crippen molar-refractivity contribution in [1.29, 1.82) is 0 Å². The van der Waals surface area contributed by atoms with Crippen LogP contribution >= 0.6 is 27.7 Å². The van der Waals surface area contributed by atoms with Gasteiger partial charge in [0.05, 0.1) is 24.8 Å². The largest absolute Gasteiger partial charge is 0.497 e. The van der Waals surface area contributed by atoms with Gasteiger partial charge < -0.3 is 9.64 Å². The average Bonchev–Trinajstić information content (AvgIpc) is 2.62. The molecule has 0 bridgehead atoms. The van der Waals surface area contributed by atoms with Crippen molar-refractivity contribution in [3.63, 3.8) is 0 Å². The number of halogens is 1. The molecule has 2 aromatic carbocycles. The molecule has 138 valence electrons. The number of hydrogen-bond acceptors (Lipinski definition) is 5. The van der Waals surface area contributed by atoms with E-state index in [9.17, 15) is 4.79 Å². The van der Waals surface area contributed by atoms with Crippen LogP contribution in [0.1, 0.15) is 11.1 Å². The normalized spacial score (nSPS) is 10.8. The average molecular weight is 436 g/mol. The van der Waals surface area contributed by atoms with Gasteiger partial charge in [-0.1, -0.05) is 18.2 Å². The lowest BCUT2D eigenvalue weighted by molar-refractivity contribution is -0.118. The van der Waals surface area contributed by atoms with Gasteiger partial charge in [0.1, 0.15) is 5.75 Å². The first-order valence-corrected chi connectivity index (χ1v) is 9.94. The molecule has 0 unspecified atom stereocenters. The fourth-order valence-electron chi connectivity index (χ4n) is 2.16. The van der Waals surface area contributed by atoms with E-state index < -0.39 is 0 Å². The van der Waals surface area contributed by atoms with Crippen molar-refractivity contribution in [2.24, 2.45) is 5.10 Å². The van der Waals surface area contributed by atoms with Crippen molar-refractivity contribution >= 4 is 45.5 Å². The number of anilines is 1. The van der Waals surface area contributed by atoms with Crippen LogP contribution in [0.3, 0.4) is 0 Å². The Kier molecular flexibility index (Phi) is 8.00. The summed E-state index contributed by atoms with van der Waals surface area (Å²) in [5.74, 6) is 1.83. The van der Waals surface area contributed by atoms with E-state index in [-0.39, 0.29) is 5.91 Å². The minimum atomic E-state index is -0.122. The number of methoxy groups -OCH3 is 1. The van der Waals surface area contributed by atoms with Gasteiger partial charge in [-0.25, -0.2) is 5.43 Å². The zero-order valence-electron chi connectivity index (χ0n) is 15.0. The zero-order valence-corrected chi connectivity index (χ0v) is 17.4. The van der Waals surface area contributed by atoms with Gasteiger partial charge in [0, 0.05) is 24.3 Å². The smallest absolute Gasteiger partial charge is 0.250 e. The molecule has 2 rings (SSSR count). The van der Waals surface area contributed by atoms with E-state index in [1.54, 1.807) is 25.1 Å². The Morgan fingerprint density at radius 2 is 2.00 bits per heavy atom. The van der Waals surface area contributed by atoms with Crippen LogP contribution < -0.4 is 15.1 Å². The Hall–Kier alpha value is -1.99. The van der Waals surface area contributed by atoms with Crippen LogP contribution in [0.4, 0.5) is 5.69 Å². The molecule has 0 aliphatic rings. The molecule has 7 heteroatoms. The van der Waals surface area contributed by atoms with Gasteiger partial charge >= 0.3 is 0 Å². The van der Waals surface area contributed by atoms with Gasteiger partial charge in [-0.05, 0) is 51.3 Å². The number of carbonyl (C=O) groups excluding carboxylic acids is 1. The zero-order chi connectivity index (χ0) is 18.9. The Balaban J connectivity index is 1.75. The lowest BCUT2D eigenvalue weighted by Crippen LogP contribution is -2.19. The molecular formula is C19H22BrN3O2S. The predicted octanol–water partition coefficient (Wildman–Crippen LogP) is 3.91. The topological polar surface area (TPSA) is 53.9 Å². The number of nitrogens with one attached hydrogen (secondary N) is 1. The van der Waals surface area contributed by atoms with Gasteiger partial charge in [0.2, 0.25) is 5.91 Å². The van der Waals surface area contributed by atoms with E-state index in [1.807, 2.05) is 61.5 Å². The van der Waals surface area contributed by atoms with Crippen LogP contribution in [0.15, 0.2) is 52.0 Å². The number of thioether (sulfide) groups is 1. The van der Waals surface area contributed by atoms with Crippen LogP contribution in [-0.2, 0) is 10.5 Å². The van der Waals surface area contributed by atoms with Crippen molar-refractivity contribution in [2.45, 2.75) is 5.75 Å². The summed E-state index contributed by atoms with van der Waals surface area (Å²) in [5.41, 5.74) is 5.70. The van der Waals surface area contributed by atoms with Gasteiger partial charge in [0.15, 0.2) is 0 Å². The summed E-state index contributed by atoms with van der Waals surface area (Å²) in [6, 6.07) is 13.7. The number of amides is 1. The lowest BCUT2D eigenvalue weighted by Gasteiger charge is -2.14. The summed E-state index contributed by atoms with van der Waals surface area (Å²) >= 11 is 5.07. The molecule has 5 nitrogen and oxygen atoms in total. The van der Waals surface area contributed by atoms with E-state index in [0.29, 0.717) is 5.75 Å². The molecule has 0 heterocycles. The van der Waals surface area contributed by atoms with Crippen molar-refractivity contribution in [3.8, 4) is 5.75 Å². The van der Waals surface area contributed by atoms with E-state index >= 15 is 0 Å². The third kappa shape index (κ3) is 6.38. The molecule has 2 aromatic rings. The second kappa shape index (κ2) is 10.2. The molecule has 0 aromatic heterocycles. The van der Waals surface area contributed by atoms with E-state index in [2.05, 4.69) is 26.5 Å². The fraction of sp³-hybridized carbons (Fsp3) is 0.263. The Morgan fingerprint density at radius 3 is 2.62 bits per heavy atom. The van der Waals surface area contributed by atoms with Gasteiger partial charge in [-0.15, -0.1) is 11.8 Å². The maximum absolute atomic E-state index is 11.9. The van der Waals surface area contributed by atoms with Crippen molar-refractivity contribution in [3.05, 3.63) is 58.1 Å². The molecule has 0 spiro atoms. The number of hydrogen-bond donors (Lipinski definition) is 1. The highest BCUT2D eigenvalue weighted by atomic mass is 79.9. The molecule has 0 saturated heterocycles. The fourth-order valence-corrected chi connectivity index (χ4v) is 3.69. The van der Waals surface area contributed by atoms with Crippen LogP contribution in [0, 0.1) is 0 Å².